The second kappa shape index (κ2) is 10.1. The molecule has 0 aliphatic carbocycles. The maximum Gasteiger partial charge on any atom is 2.00 e. The summed E-state index contributed by atoms with van der Waals surface area (Å²) in [5, 5.41) is 0. The van der Waals surface area contributed by atoms with Crippen LogP contribution >= 0.6 is 12.4 Å². The SMILES string of the molecule is CCC(C)C.Cl.[H-].[H-].[Mg+2]. The Balaban J connectivity index is -0.0000000133. The van der Waals surface area contributed by atoms with Crippen LogP contribution in [0, 0.1) is 5.92 Å². The van der Waals surface area contributed by atoms with Gasteiger partial charge in [-0.15, -0.1) is 12.4 Å². The van der Waals surface area contributed by atoms with Gasteiger partial charge in [0.1, 0.15) is 0 Å². The van der Waals surface area contributed by atoms with E-state index in [0.717, 1.165) is 5.92 Å². The molecule has 0 bridgehead atoms. The largest absolute Gasteiger partial charge is 2.00 e. The van der Waals surface area contributed by atoms with Gasteiger partial charge in [0.05, 0.1) is 0 Å². The summed E-state index contributed by atoms with van der Waals surface area (Å²) in [5.41, 5.74) is 0. The first-order chi connectivity index (χ1) is 2.27. The summed E-state index contributed by atoms with van der Waals surface area (Å²) in [5.74, 6) is 0.884. The first kappa shape index (κ1) is 15.7. The van der Waals surface area contributed by atoms with Crippen LogP contribution in [0.25, 0.3) is 0 Å². The van der Waals surface area contributed by atoms with E-state index < -0.39 is 0 Å². The maximum atomic E-state index is 2.22. The van der Waals surface area contributed by atoms with Gasteiger partial charge in [-0.05, 0) is 5.92 Å². The van der Waals surface area contributed by atoms with Crippen molar-refractivity contribution in [2.75, 3.05) is 0 Å². The minimum Gasteiger partial charge on any atom is -1.00 e. The summed E-state index contributed by atoms with van der Waals surface area (Å²) >= 11 is 0. The Labute approximate surface area is 71.6 Å². The predicted molar refractivity (Wildman–Crippen MR) is 40.4 cm³/mol. The molecule has 0 atom stereocenters. The van der Waals surface area contributed by atoms with Crippen molar-refractivity contribution in [1.82, 2.24) is 0 Å². The predicted octanol–water partition coefficient (Wildman–Crippen LogP) is 2.32. The van der Waals surface area contributed by atoms with E-state index in [1.807, 2.05) is 0 Å². The molecule has 0 nitrogen and oxygen atoms in total. The van der Waals surface area contributed by atoms with Gasteiger partial charge < -0.3 is 2.85 Å². The third-order valence-electron chi connectivity index (χ3n) is 0.816. The van der Waals surface area contributed by atoms with Crippen molar-refractivity contribution in [2.24, 2.45) is 5.92 Å². The zero-order chi connectivity index (χ0) is 4.28. The molecule has 0 radical (unpaired) electrons. The summed E-state index contributed by atoms with van der Waals surface area (Å²) in [4.78, 5) is 0. The first-order valence-electron chi connectivity index (χ1n) is 2.27. The molecular weight excluding hydrogens is 120 g/mol. The maximum absolute atomic E-state index is 2.22. The molecule has 0 saturated carbocycles. The van der Waals surface area contributed by atoms with E-state index in [-0.39, 0.29) is 38.3 Å². The minimum absolute atomic E-state index is 0. The Bertz CT molecular complexity index is 28.9. The van der Waals surface area contributed by atoms with E-state index in [2.05, 4.69) is 20.8 Å². The van der Waals surface area contributed by atoms with Crippen LogP contribution in [0.3, 0.4) is 0 Å². The average Bonchev–Trinajstić information content (AvgIpc) is 1.38. The van der Waals surface area contributed by atoms with Crippen LogP contribution in [-0.2, 0) is 0 Å². The molecule has 0 rings (SSSR count). The molecule has 0 unspecified atom stereocenters. The van der Waals surface area contributed by atoms with Crippen LogP contribution in [0.15, 0.2) is 0 Å². The van der Waals surface area contributed by atoms with Crippen LogP contribution in [0.5, 0.6) is 0 Å². The van der Waals surface area contributed by atoms with E-state index in [0.29, 0.717) is 0 Å². The quantitative estimate of drug-likeness (QED) is 0.484. The van der Waals surface area contributed by atoms with Gasteiger partial charge in [-0.1, -0.05) is 27.2 Å². The molecule has 7 heavy (non-hydrogen) atoms. The van der Waals surface area contributed by atoms with Crippen LogP contribution in [0.1, 0.15) is 30.0 Å². The molecule has 0 fully saturated rings. The van der Waals surface area contributed by atoms with Crippen molar-refractivity contribution in [3.8, 4) is 0 Å². The standard InChI is InChI=1S/C5H12.ClH.Mg.2H/c1-4-5(2)3;;;;/h5H,4H2,1-3H3;1H;;;/q;;+2;2*-1. The number of rotatable bonds is 1. The molecule has 0 spiro atoms. The van der Waals surface area contributed by atoms with Crippen LogP contribution in [0.4, 0.5) is 0 Å². The van der Waals surface area contributed by atoms with Crippen molar-refractivity contribution in [3.63, 3.8) is 0 Å². The minimum atomic E-state index is 0. The van der Waals surface area contributed by atoms with Gasteiger partial charge in [0, 0.05) is 0 Å². The smallest absolute Gasteiger partial charge is 1.00 e. The summed E-state index contributed by atoms with van der Waals surface area (Å²) in [6.45, 7) is 6.64. The summed E-state index contributed by atoms with van der Waals surface area (Å²) in [6, 6.07) is 0. The van der Waals surface area contributed by atoms with E-state index in [1.165, 1.54) is 6.42 Å². The zero-order valence-corrected chi connectivity index (χ0v) is 7.63. The van der Waals surface area contributed by atoms with E-state index in [1.54, 1.807) is 0 Å². The van der Waals surface area contributed by atoms with Crippen molar-refractivity contribution < 1.29 is 2.85 Å². The summed E-state index contributed by atoms with van der Waals surface area (Å²) < 4.78 is 0. The molecular formula is C5H15ClMg. The van der Waals surface area contributed by atoms with Crippen molar-refractivity contribution >= 4 is 35.5 Å². The molecule has 0 aliphatic rings. The Hall–Kier alpha value is 1.06. The number of hydrogen-bond donors (Lipinski definition) is 0. The number of hydrogen-bond acceptors (Lipinski definition) is 0. The molecule has 0 aromatic heterocycles. The van der Waals surface area contributed by atoms with E-state index in [4.69, 9.17) is 0 Å². The Morgan fingerprint density at radius 1 is 1.43 bits per heavy atom. The van der Waals surface area contributed by atoms with Crippen LogP contribution in [0.2, 0.25) is 0 Å². The monoisotopic (exact) mass is 134 g/mol. The van der Waals surface area contributed by atoms with Gasteiger partial charge in [0.25, 0.3) is 0 Å². The van der Waals surface area contributed by atoms with Crippen molar-refractivity contribution in [1.29, 1.82) is 0 Å². The third kappa shape index (κ3) is 19.3. The van der Waals surface area contributed by atoms with Crippen molar-refractivity contribution in [3.05, 3.63) is 0 Å². The van der Waals surface area contributed by atoms with Gasteiger partial charge >= 0.3 is 23.1 Å². The average molecular weight is 135 g/mol. The second-order valence-electron chi connectivity index (χ2n) is 1.80. The molecule has 0 heterocycles. The Morgan fingerprint density at radius 3 is 1.57 bits per heavy atom. The fourth-order valence-corrected chi connectivity index (χ4v) is 0. The molecule has 0 saturated heterocycles. The van der Waals surface area contributed by atoms with Gasteiger partial charge in [-0.2, -0.15) is 0 Å². The zero-order valence-electron chi connectivity index (χ0n) is 7.40. The fourth-order valence-electron chi connectivity index (χ4n) is 0. The first-order valence-corrected chi connectivity index (χ1v) is 2.27. The van der Waals surface area contributed by atoms with E-state index >= 15 is 0 Å². The topological polar surface area (TPSA) is 0 Å². The molecule has 0 aromatic carbocycles. The molecule has 0 aromatic rings. The van der Waals surface area contributed by atoms with Gasteiger partial charge in [-0.25, -0.2) is 0 Å². The van der Waals surface area contributed by atoms with Crippen LogP contribution < -0.4 is 0 Å². The molecule has 0 aliphatic heterocycles. The molecule has 0 N–H and O–H groups in total. The number of halogens is 1. The van der Waals surface area contributed by atoms with Gasteiger partial charge in [0.15, 0.2) is 0 Å². The molecule has 0 amide bonds. The Morgan fingerprint density at radius 2 is 1.57 bits per heavy atom. The second-order valence-corrected chi connectivity index (χ2v) is 1.80. The van der Waals surface area contributed by atoms with Gasteiger partial charge in [0.2, 0.25) is 0 Å². The molecule has 2 heteroatoms. The van der Waals surface area contributed by atoms with Crippen LogP contribution in [-0.4, -0.2) is 23.1 Å². The molecule has 44 valence electrons. The van der Waals surface area contributed by atoms with Crippen molar-refractivity contribution in [2.45, 2.75) is 27.2 Å². The van der Waals surface area contributed by atoms with E-state index in [9.17, 15) is 0 Å². The third-order valence-corrected chi connectivity index (χ3v) is 0.816. The Kier molecular flexibility index (Phi) is 22.7. The summed E-state index contributed by atoms with van der Waals surface area (Å²) in [7, 11) is 0. The summed E-state index contributed by atoms with van der Waals surface area (Å²) in [6.07, 6.45) is 1.31. The normalized spacial score (nSPS) is 6.86. The van der Waals surface area contributed by atoms with Gasteiger partial charge in [-0.3, -0.25) is 0 Å². The fraction of sp³-hybridized carbons (Fsp3) is 1.00.